The highest BCUT2D eigenvalue weighted by Crippen LogP contribution is 2.30. The minimum absolute atomic E-state index is 0.249. The molecule has 154 valence electrons. The zero-order valence-electron chi connectivity index (χ0n) is 16.5. The van der Waals surface area contributed by atoms with E-state index < -0.39 is 6.04 Å². The van der Waals surface area contributed by atoms with Crippen LogP contribution in [0.2, 0.25) is 0 Å². The lowest BCUT2D eigenvalue weighted by molar-refractivity contribution is -0.116. The number of aromatic amines is 1. The Balaban J connectivity index is 1.35. The number of amides is 1. The smallest absolute Gasteiger partial charge is 0.263 e. The predicted molar refractivity (Wildman–Crippen MR) is 113 cm³/mol. The number of hydrogen-bond acceptors (Lipinski definition) is 6. The van der Waals surface area contributed by atoms with Crippen molar-refractivity contribution in [2.45, 2.75) is 44.7 Å². The fourth-order valence-corrected chi connectivity index (χ4v) is 3.94. The van der Waals surface area contributed by atoms with Crippen LogP contribution < -0.4 is 16.2 Å². The molecule has 1 atom stereocenters. The van der Waals surface area contributed by atoms with Crippen molar-refractivity contribution in [1.29, 1.82) is 0 Å². The van der Waals surface area contributed by atoms with Crippen molar-refractivity contribution in [1.82, 2.24) is 29.1 Å². The molecule has 4 heterocycles. The van der Waals surface area contributed by atoms with Crippen molar-refractivity contribution >= 4 is 34.2 Å². The van der Waals surface area contributed by atoms with Crippen molar-refractivity contribution in [3.05, 3.63) is 47.3 Å². The number of imidazole rings is 1. The van der Waals surface area contributed by atoms with E-state index in [1.54, 1.807) is 31.6 Å². The van der Waals surface area contributed by atoms with Crippen molar-refractivity contribution in [2.75, 3.05) is 10.6 Å². The summed E-state index contributed by atoms with van der Waals surface area (Å²) in [6, 6.07) is 3.26. The molecule has 10 heteroatoms. The molecule has 5 rings (SSSR count). The van der Waals surface area contributed by atoms with Crippen molar-refractivity contribution in [2.24, 2.45) is 0 Å². The number of H-pyrrole nitrogens is 1. The van der Waals surface area contributed by atoms with Gasteiger partial charge in [-0.3, -0.25) is 14.6 Å². The molecule has 4 aromatic rings. The molecule has 0 unspecified atom stereocenters. The normalized spacial score (nSPS) is 15.6. The summed E-state index contributed by atoms with van der Waals surface area (Å²) in [5.74, 6) is 0.00136. The molecule has 1 amide bonds. The molecule has 4 aromatic heterocycles. The van der Waals surface area contributed by atoms with E-state index in [0.29, 0.717) is 16.7 Å². The van der Waals surface area contributed by atoms with E-state index in [1.807, 2.05) is 21.3 Å². The van der Waals surface area contributed by atoms with Crippen LogP contribution in [0.25, 0.3) is 16.7 Å². The van der Waals surface area contributed by atoms with Crippen LogP contribution in [0.1, 0.15) is 38.6 Å². The Morgan fingerprint density at radius 2 is 2.13 bits per heavy atom. The fraction of sp³-hybridized carbons (Fsp3) is 0.350. The van der Waals surface area contributed by atoms with E-state index in [0.717, 1.165) is 31.3 Å². The van der Waals surface area contributed by atoms with Crippen LogP contribution in [0.15, 0.2) is 41.7 Å². The number of fused-ring (bicyclic) bond motifs is 2. The Labute approximate surface area is 171 Å². The molecule has 30 heavy (non-hydrogen) atoms. The summed E-state index contributed by atoms with van der Waals surface area (Å²) < 4.78 is 3.67. The quantitative estimate of drug-likeness (QED) is 0.468. The third kappa shape index (κ3) is 3.30. The lowest BCUT2D eigenvalue weighted by Crippen LogP contribution is -2.33. The van der Waals surface area contributed by atoms with Gasteiger partial charge in [0.2, 0.25) is 11.9 Å². The molecule has 1 aliphatic carbocycles. The number of rotatable bonds is 5. The summed E-state index contributed by atoms with van der Waals surface area (Å²) >= 11 is 0. The van der Waals surface area contributed by atoms with Crippen molar-refractivity contribution < 1.29 is 4.79 Å². The lowest BCUT2D eigenvalue weighted by atomic mass is 10.2. The average molecular weight is 406 g/mol. The van der Waals surface area contributed by atoms with E-state index in [-0.39, 0.29) is 23.5 Å². The van der Waals surface area contributed by atoms with Crippen LogP contribution in [0, 0.1) is 0 Å². The molecule has 0 radical (unpaired) electrons. The molecule has 3 N–H and O–H groups in total. The van der Waals surface area contributed by atoms with Gasteiger partial charge in [-0.15, -0.1) is 0 Å². The summed E-state index contributed by atoms with van der Waals surface area (Å²) in [5.41, 5.74) is 1.72. The van der Waals surface area contributed by atoms with Crippen LogP contribution in [0.3, 0.4) is 0 Å². The van der Waals surface area contributed by atoms with Gasteiger partial charge in [0.1, 0.15) is 17.1 Å². The Hall–Kier alpha value is -3.69. The number of nitrogens with one attached hydrogen (secondary N) is 3. The number of pyridine rings is 1. The van der Waals surface area contributed by atoms with Crippen molar-refractivity contribution in [3.8, 4) is 0 Å². The summed E-state index contributed by atoms with van der Waals surface area (Å²) in [7, 11) is 0. The van der Waals surface area contributed by atoms with Crippen LogP contribution in [0.4, 0.5) is 11.6 Å². The first-order valence-electron chi connectivity index (χ1n) is 10.1. The first-order valence-corrected chi connectivity index (χ1v) is 10.1. The summed E-state index contributed by atoms with van der Waals surface area (Å²) in [5, 5.41) is 10.7. The molecule has 1 saturated carbocycles. The highest BCUT2D eigenvalue weighted by atomic mass is 16.2. The van der Waals surface area contributed by atoms with E-state index in [2.05, 4.69) is 30.7 Å². The van der Waals surface area contributed by atoms with Gasteiger partial charge in [0.05, 0.1) is 17.9 Å². The lowest BCUT2D eigenvalue weighted by Gasteiger charge is -2.15. The monoisotopic (exact) mass is 406 g/mol. The summed E-state index contributed by atoms with van der Waals surface area (Å²) in [6.07, 6.45) is 11.2. The highest BCUT2D eigenvalue weighted by Gasteiger charge is 2.22. The topological polar surface area (TPSA) is 122 Å². The third-order valence-electron chi connectivity index (χ3n) is 5.54. The van der Waals surface area contributed by atoms with E-state index in [4.69, 9.17) is 0 Å². The summed E-state index contributed by atoms with van der Waals surface area (Å²) in [6.45, 7) is 1.71. The molecule has 0 spiro atoms. The van der Waals surface area contributed by atoms with E-state index >= 15 is 0 Å². The predicted octanol–water partition coefficient (Wildman–Crippen LogP) is 2.32. The van der Waals surface area contributed by atoms with Crippen LogP contribution in [-0.4, -0.2) is 41.1 Å². The zero-order valence-corrected chi connectivity index (χ0v) is 16.5. The Bertz CT molecular complexity index is 1280. The Morgan fingerprint density at radius 1 is 1.30 bits per heavy atom. The molecule has 0 aliphatic heterocycles. The first-order chi connectivity index (χ1) is 14.6. The number of carbonyl (C=O) groups is 1. The second-order valence-electron chi connectivity index (χ2n) is 7.64. The van der Waals surface area contributed by atoms with Crippen LogP contribution in [-0.2, 0) is 4.79 Å². The molecule has 0 bridgehead atoms. The second-order valence-corrected chi connectivity index (χ2v) is 7.64. The number of anilines is 2. The van der Waals surface area contributed by atoms with Gasteiger partial charge in [-0.2, -0.15) is 10.1 Å². The maximum absolute atomic E-state index is 12.6. The molecular weight excluding hydrogens is 384 g/mol. The number of hydrogen-bond donors (Lipinski definition) is 3. The maximum Gasteiger partial charge on any atom is 0.263 e. The number of aromatic nitrogens is 6. The molecule has 1 aliphatic rings. The van der Waals surface area contributed by atoms with E-state index in [9.17, 15) is 9.59 Å². The van der Waals surface area contributed by atoms with Gasteiger partial charge >= 0.3 is 0 Å². The summed E-state index contributed by atoms with van der Waals surface area (Å²) in [4.78, 5) is 36.5. The van der Waals surface area contributed by atoms with Gasteiger partial charge in [0, 0.05) is 18.6 Å². The molecule has 10 nitrogen and oxygen atoms in total. The third-order valence-corrected chi connectivity index (χ3v) is 5.54. The molecule has 0 aromatic carbocycles. The minimum Gasteiger partial charge on any atom is -0.344 e. The van der Waals surface area contributed by atoms with Gasteiger partial charge in [0.25, 0.3) is 5.56 Å². The Morgan fingerprint density at radius 3 is 2.97 bits per heavy atom. The molecule has 0 saturated heterocycles. The number of nitrogens with zero attached hydrogens (tertiary/aromatic N) is 5. The average Bonchev–Trinajstić information content (AvgIpc) is 3.47. The van der Waals surface area contributed by atoms with E-state index in [1.165, 1.54) is 0 Å². The fourth-order valence-electron chi connectivity index (χ4n) is 3.94. The number of carbonyl (C=O) groups excluding carboxylic acids is 1. The zero-order chi connectivity index (χ0) is 20.7. The standard InChI is InChI=1S/C20H22N8O2/c1-12(18(29)24-13-6-7-16-21-8-9-27(16)11-13)23-20-25-17-15(19(30)26-20)10-22-28(17)14-4-2-3-5-14/h6-12,14H,2-5H2,1H3,(H,24,29)(H2,23,25,26,30)/t12-/m1/s1. The van der Waals surface area contributed by atoms with Crippen LogP contribution >= 0.6 is 0 Å². The maximum atomic E-state index is 12.6. The highest BCUT2D eigenvalue weighted by molar-refractivity contribution is 5.96. The van der Waals surface area contributed by atoms with Gasteiger partial charge in [-0.25, -0.2) is 9.67 Å². The van der Waals surface area contributed by atoms with Gasteiger partial charge < -0.3 is 15.0 Å². The molecule has 1 fully saturated rings. The Kier molecular flexibility index (Phi) is 4.46. The minimum atomic E-state index is -0.619. The van der Waals surface area contributed by atoms with Crippen LogP contribution in [0.5, 0.6) is 0 Å². The van der Waals surface area contributed by atoms with Gasteiger partial charge in [0.15, 0.2) is 5.65 Å². The first kappa shape index (κ1) is 18.3. The SMILES string of the molecule is C[C@@H](Nc1nc2c(cnn2C2CCCC2)c(=O)[nH]1)C(=O)Nc1ccc2nccn2c1. The largest absolute Gasteiger partial charge is 0.344 e. The van der Waals surface area contributed by atoms with Crippen molar-refractivity contribution in [3.63, 3.8) is 0 Å². The van der Waals surface area contributed by atoms with Gasteiger partial charge in [-0.05, 0) is 31.9 Å². The van der Waals surface area contributed by atoms with Gasteiger partial charge in [-0.1, -0.05) is 12.8 Å². The molecular formula is C20H22N8O2. The second kappa shape index (κ2) is 7.29.